The van der Waals surface area contributed by atoms with Gasteiger partial charge < -0.3 is 15.5 Å². The van der Waals surface area contributed by atoms with Gasteiger partial charge in [-0.05, 0) is 49.4 Å². The van der Waals surface area contributed by atoms with E-state index in [4.69, 9.17) is 0 Å². The molecule has 0 aliphatic heterocycles. The number of benzene rings is 2. The van der Waals surface area contributed by atoms with Crippen molar-refractivity contribution in [1.29, 1.82) is 0 Å². The fourth-order valence-corrected chi connectivity index (χ4v) is 2.20. The molecular weight excluding hydrogens is 309 g/mol. The van der Waals surface area contributed by atoms with Crippen LogP contribution in [-0.2, 0) is 4.79 Å². The quantitative estimate of drug-likeness (QED) is 0.856. The number of carbonyl (C=O) groups excluding carboxylic acids is 2. The van der Waals surface area contributed by atoms with E-state index in [0.29, 0.717) is 17.8 Å². The minimum Gasteiger partial charge on any atom is -0.365 e. The van der Waals surface area contributed by atoms with Gasteiger partial charge >= 0.3 is 0 Å². The maximum atomic E-state index is 12.9. The zero-order valence-electron chi connectivity index (χ0n) is 13.7. The molecule has 0 saturated heterocycles. The summed E-state index contributed by atoms with van der Waals surface area (Å²) in [6.07, 6.45) is 0. The van der Waals surface area contributed by atoms with E-state index in [1.807, 2.05) is 6.92 Å². The van der Waals surface area contributed by atoms with E-state index < -0.39 is 0 Å². The Labute approximate surface area is 140 Å². The second-order valence-corrected chi connectivity index (χ2v) is 5.32. The number of amides is 2. The smallest absolute Gasteiger partial charge is 0.251 e. The Kier molecular flexibility index (Phi) is 5.89. The van der Waals surface area contributed by atoms with Gasteiger partial charge in [0.2, 0.25) is 5.91 Å². The van der Waals surface area contributed by atoms with Gasteiger partial charge in [0.25, 0.3) is 5.91 Å². The van der Waals surface area contributed by atoms with Gasteiger partial charge in [-0.15, -0.1) is 0 Å². The van der Waals surface area contributed by atoms with Crippen molar-refractivity contribution in [3.63, 3.8) is 0 Å². The van der Waals surface area contributed by atoms with Gasteiger partial charge in [0.05, 0.1) is 6.54 Å². The Morgan fingerprint density at radius 1 is 1.12 bits per heavy atom. The number of carbonyl (C=O) groups is 2. The van der Waals surface area contributed by atoms with E-state index in [0.717, 1.165) is 5.69 Å². The molecule has 0 radical (unpaired) electrons. The van der Waals surface area contributed by atoms with Crippen molar-refractivity contribution in [3.8, 4) is 0 Å². The van der Waals surface area contributed by atoms with E-state index in [1.54, 1.807) is 48.3 Å². The van der Waals surface area contributed by atoms with Gasteiger partial charge in [-0.25, -0.2) is 4.39 Å². The Morgan fingerprint density at radius 3 is 2.50 bits per heavy atom. The first-order chi connectivity index (χ1) is 11.5. The van der Waals surface area contributed by atoms with Crippen LogP contribution < -0.4 is 15.5 Å². The minimum absolute atomic E-state index is 0.108. The first-order valence-corrected chi connectivity index (χ1v) is 7.64. The van der Waals surface area contributed by atoms with Crippen LogP contribution in [0.5, 0.6) is 0 Å². The number of rotatable bonds is 6. The summed E-state index contributed by atoms with van der Waals surface area (Å²) in [5.74, 6) is -0.731. The van der Waals surface area contributed by atoms with E-state index in [9.17, 15) is 14.0 Å². The third kappa shape index (κ3) is 4.81. The van der Waals surface area contributed by atoms with Crippen LogP contribution in [0, 0.1) is 5.82 Å². The van der Waals surface area contributed by atoms with Gasteiger partial charge in [-0.3, -0.25) is 9.59 Å². The monoisotopic (exact) mass is 329 g/mol. The van der Waals surface area contributed by atoms with E-state index in [2.05, 4.69) is 10.6 Å². The van der Waals surface area contributed by atoms with Crippen LogP contribution in [-0.4, -0.2) is 32.0 Å². The first kappa shape index (κ1) is 17.5. The molecule has 6 heteroatoms. The highest BCUT2D eigenvalue weighted by Crippen LogP contribution is 2.14. The zero-order chi connectivity index (χ0) is 17.5. The Hall–Kier alpha value is -2.89. The molecule has 0 fully saturated rings. The lowest BCUT2D eigenvalue weighted by Crippen LogP contribution is -2.30. The average Bonchev–Trinajstić information content (AvgIpc) is 2.55. The van der Waals surface area contributed by atoms with Crippen molar-refractivity contribution in [1.82, 2.24) is 5.32 Å². The topological polar surface area (TPSA) is 61.4 Å². The molecule has 0 aliphatic rings. The molecule has 126 valence electrons. The molecule has 2 aromatic carbocycles. The Balaban J connectivity index is 1.98. The number of nitrogens with one attached hydrogen (secondary N) is 2. The summed E-state index contributed by atoms with van der Waals surface area (Å²) in [7, 11) is 1.75. The van der Waals surface area contributed by atoms with E-state index in [1.165, 1.54) is 12.1 Å². The molecular formula is C18H20FN3O2. The molecule has 0 atom stereocenters. The Morgan fingerprint density at radius 2 is 1.83 bits per heavy atom. The molecule has 2 amide bonds. The largest absolute Gasteiger partial charge is 0.365 e. The molecule has 0 spiro atoms. The van der Waals surface area contributed by atoms with Crippen LogP contribution in [0.2, 0.25) is 0 Å². The zero-order valence-corrected chi connectivity index (χ0v) is 13.7. The van der Waals surface area contributed by atoms with Crippen molar-refractivity contribution in [2.45, 2.75) is 6.92 Å². The highest BCUT2D eigenvalue weighted by Gasteiger charge is 2.10. The lowest BCUT2D eigenvalue weighted by molar-refractivity contribution is -0.114. The van der Waals surface area contributed by atoms with Crippen LogP contribution in [0.3, 0.4) is 0 Å². The molecule has 5 nitrogen and oxygen atoms in total. The van der Waals surface area contributed by atoms with E-state index in [-0.39, 0.29) is 24.2 Å². The van der Waals surface area contributed by atoms with Crippen molar-refractivity contribution in [3.05, 3.63) is 59.9 Å². The molecule has 2 aromatic rings. The maximum Gasteiger partial charge on any atom is 0.251 e. The number of nitrogens with zero attached hydrogens (tertiary/aromatic N) is 1. The molecule has 2 N–H and O–H groups in total. The molecule has 0 saturated carbocycles. The van der Waals surface area contributed by atoms with Crippen LogP contribution >= 0.6 is 0 Å². The predicted molar refractivity (Wildman–Crippen MR) is 92.7 cm³/mol. The minimum atomic E-state index is -0.321. The van der Waals surface area contributed by atoms with Gasteiger partial charge in [0.1, 0.15) is 5.82 Å². The molecule has 0 heterocycles. The lowest BCUT2D eigenvalue weighted by Gasteiger charge is -2.18. The summed E-state index contributed by atoms with van der Waals surface area (Å²) in [6.45, 7) is 2.49. The Bertz CT molecular complexity index is 716. The molecule has 0 bridgehead atoms. The summed E-state index contributed by atoms with van der Waals surface area (Å²) in [5, 5.41) is 5.47. The standard InChI is InChI=1S/C18H20FN3O2/c1-3-20-18(24)13-5-4-6-15(11-13)21-17(23)12-22(2)16-9-7-14(19)8-10-16/h4-11H,3,12H2,1-2H3,(H,20,24)(H,21,23). The first-order valence-electron chi connectivity index (χ1n) is 7.64. The lowest BCUT2D eigenvalue weighted by atomic mass is 10.2. The number of hydrogen-bond acceptors (Lipinski definition) is 3. The third-order valence-electron chi connectivity index (χ3n) is 3.39. The van der Waals surface area contributed by atoms with Gasteiger partial charge in [-0.2, -0.15) is 0 Å². The fraction of sp³-hybridized carbons (Fsp3) is 0.222. The second kappa shape index (κ2) is 8.10. The predicted octanol–water partition coefficient (Wildman–Crippen LogP) is 2.65. The summed E-state index contributed by atoms with van der Waals surface area (Å²) in [4.78, 5) is 25.7. The molecule has 24 heavy (non-hydrogen) atoms. The number of anilines is 2. The van der Waals surface area contributed by atoms with Gasteiger partial charge in [0.15, 0.2) is 0 Å². The van der Waals surface area contributed by atoms with Gasteiger partial charge in [-0.1, -0.05) is 6.07 Å². The third-order valence-corrected chi connectivity index (χ3v) is 3.39. The van der Waals surface area contributed by atoms with Crippen LogP contribution in [0.4, 0.5) is 15.8 Å². The highest BCUT2D eigenvalue weighted by molar-refractivity contribution is 5.98. The maximum absolute atomic E-state index is 12.9. The SMILES string of the molecule is CCNC(=O)c1cccc(NC(=O)CN(C)c2ccc(F)cc2)c1. The van der Waals surface area contributed by atoms with Crippen LogP contribution in [0.25, 0.3) is 0 Å². The fourth-order valence-electron chi connectivity index (χ4n) is 2.20. The van der Waals surface area contributed by atoms with Crippen LogP contribution in [0.1, 0.15) is 17.3 Å². The second-order valence-electron chi connectivity index (χ2n) is 5.32. The van der Waals surface area contributed by atoms with Gasteiger partial charge in [0, 0.05) is 30.5 Å². The van der Waals surface area contributed by atoms with Crippen molar-refractivity contribution in [2.24, 2.45) is 0 Å². The van der Waals surface area contributed by atoms with Crippen molar-refractivity contribution in [2.75, 3.05) is 30.4 Å². The normalized spacial score (nSPS) is 10.1. The summed E-state index contributed by atoms with van der Waals surface area (Å²) < 4.78 is 12.9. The molecule has 0 aromatic heterocycles. The number of halogens is 1. The molecule has 0 unspecified atom stereocenters. The van der Waals surface area contributed by atoms with E-state index >= 15 is 0 Å². The number of likely N-dealkylation sites (N-methyl/N-ethyl adjacent to an activating group) is 1. The highest BCUT2D eigenvalue weighted by atomic mass is 19.1. The van der Waals surface area contributed by atoms with Crippen molar-refractivity contribution >= 4 is 23.2 Å². The molecule has 2 rings (SSSR count). The molecule has 0 aliphatic carbocycles. The summed E-state index contributed by atoms with van der Waals surface area (Å²) in [6, 6.07) is 12.7. The number of hydrogen-bond donors (Lipinski definition) is 2. The summed E-state index contributed by atoms with van der Waals surface area (Å²) >= 11 is 0. The van der Waals surface area contributed by atoms with Crippen molar-refractivity contribution < 1.29 is 14.0 Å². The average molecular weight is 329 g/mol. The summed E-state index contributed by atoms with van der Waals surface area (Å²) in [5.41, 5.74) is 1.78. The van der Waals surface area contributed by atoms with Crippen LogP contribution in [0.15, 0.2) is 48.5 Å².